The van der Waals surface area contributed by atoms with Crippen molar-refractivity contribution in [3.8, 4) is 0 Å². The average Bonchev–Trinajstić information content (AvgIpc) is 3.13. The van der Waals surface area contributed by atoms with Crippen LogP contribution in [0, 0.1) is 0 Å². The molecule has 1 amide bonds. The molecule has 2 heterocycles. The zero-order valence-electron chi connectivity index (χ0n) is 15.5. The monoisotopic (exact) mass is 363 g/mol. The van der Waals surface area contributed by atoms with Gasteiger partial charge in [-0.25, -0.2) is 0 Å². The van der Waals surface area contributed by atoms with Crippen molar-refractivity contribution in [3.63, 3.8) is 0 Å². The van der Waals surface area contributed by atoms with Crippen molar-refractivity contribution < 1.29 is 4.79 Å². The average molecular weight is 364 g/mol. The van der Waals surface area contributed by atoms with Crippen LogP contribution in [0.4, 0.5) is 5.69 Å². The second kappa shape index (κ2) is 8.41. The molecule has 0 bridgehead atoms. The molecular formula is C20H30ClN3O. The number of benzene rings is 1. The lowest BCUT2D eigenvalue weighted by molar-refractivity contribution is 0.0591. The highest BCUT2D eigenvalue weighted by molar-refractivity contribution is 6.33. The molecule has 3 rings (SSSR count). The van der Waals surface area contributed by atoms with Crippen molar-refractivity contribution in [2.75, 3.05) is 45.2 Å². The van der Waals surface area contributed by atoms with Gasteiger partial charge in [-0.15, -0.1) is 0 Å². The lowest BCUT2D eigenvalue weighted by Gasteiger charge is -2.36. The third kappa shape index (κ3) is 4.48. The summed E-state index contributed by atoms with van der Waals surface area (Å²) in [5, 5.41) is 0.703. The number of nitrogens with zero attached hydrogens (tertiary/aromatic N) is 3. The first-order valence-corrected chi connectivity index (χ1v) is 9.94. The molecule has 2 fully saturated rings. The van der Waals surface area contributed by atoms with Gasteiger partial charge in [-0.3, -0.25) is 4.79 Å². The van der Waals surface area contributed by atoms with Gasteiger partial charge in [0, 0.05) is 31.2 Å². The van der Waals surface area contributed by atoms with E-state index in [9.17, 15) is 4.79 Å². The number of amides is 1. The maximum atomic E-state index is 13.1. The fraction of sp³-hybridized carbons (Fsp3) is 0.650. The zero-order chi connectivity index (χ0) is 17.8. The largest absolute Gasteiger partial charge is 0.370 e. The van der Waals surface area contributed by atoms with E-state index < -0.39 is 0 Å². The topological polar surface area (TPSA) is 26.8 Å². The number of hydrogen-bond acceptors (Lipinski definition) is 3. The van der Waals surface area contributed by atoms with E-state index in [4.69, 9.17) is 11.6 Å². The molecule has 0 saturated carbocycles. The SMILES string of the molecule is CN(C)CC[C@@H]1CCCCN1C(=O)c1ccc(N2CCCC2)c(Cl)c1. The fourth-order valence-corrected chi connectivity index (χ4v) is 4.30. The first kappa shape index (κ1) is 18.5. The number of rotatable bonds is 5. The summed E-state index contributed by atoms with van der Waals surface area (Å²) in [6, 6.07) is 6.20. The van der Waals surface area contributed by atoms with Crippen LogP contribution in [0.1, 0.15) is 48.9 Å². The fourth-order valence-electron chi connectivity index (χ4n) is 4.00. The number of halogens is 1. The quantitative estimate of drug-likeness (QED) is 0.794. The van der Waals surface area contributed by atoms with Gasteiger partial charge in [-0.1, -0.05) is 11.6 Å². The van der Waals surface area contributed by atoms with Crippen LogP contribution in [0.3, 0.4) is 0 Å². The molecule has 2 aliphatic heterocycles. The van der Waals surface area contributed by atoms with Crippen LogP contribution >= 0.6 is 11.6 Å². The molecule has 2 aliphatic rings. The molecule has 0 unspecified atom stereocenters. The Labute approximate surface area is 156 Å². The van der Waals surface area contributed by atoms with Crippen LogP contribution in [0.15, 0.2) is 18.2 Å². The van der Waals surface area contributed by atoms with Crippen LogP contribution in [0.5, 0.6) is 0 Å². The van der Waals surface area contributed by atoms with Gasteiger partial charge in [-0.2, -0.15) is 0 Å². The minimum atomic E-state index is 0.137. The van der Waals surface area contributed by atoms with Crippen LogP contribution < -0.4 is 4.90 Å². The van der Waals surface area contributed by atoms with E-state index in [1.165, 1.54) is 19.3 Å². The highest BCUT2D eigenvalue weighted by atomic mass is 35.5. The van der Waals surface area contributed by atoms with Crippen LogP contribution in [-0.2, 0) is 0 Å². The lowest BCUT2D eigenvalue weighted by Crippen LogP contribution is -2.44. The van der Waals surface area contributed by atoms with Crippen molar-refractivity contribution in [1.29, 1.82) is 0 Å². The summed E-state index contributed by atoms with van der Waals surface area (Å²) in [6.07, 6.45) is 6.91. The van der Waals surface area contributed by atoms with Crippen LogP contribution in [-0.4, -0.2) is 62.0 Å². The maximum Gasteiger partial charge on any atom is 0.254 e. The predicted molar refractivity (Wildman–Crippen MR) is 105 cm³/mol. The summed E-state index contributed by atoms with van der Waals surface area (Å²) in [5.41, 5.74) is 1.79. The molecule has 25 heavy (non-hydrogen) atoms. The minimum absolute atomic E-state index is 0.137. The second-order valence-corrected chi connectivity index (χ2v) is 8.01. The molecule has 5 heteroatoms. The van der Waals surface area contributed by atoms with E-state index in [0.29, 0.717) is 11.1 Å². The van der Waals surface area contributed by atoms with Crippen LogP contribution in [0.2, 0.25) is 5.02 Å². The molecule has 1 atom stereocenters. The summed E-state index contributed by atoms with van der Waals surface area (Å²) in [7, 11) is 4.18. The Balaban J connectivity index is 1.73. The molecule has 1 aromatic rings. The maximum absolute atomic E-state index is 13.1. The van der Waals surface area contributed by atoms with E-state index in [1.54, 1.807) is 0 Å². The Morgan fingerprint density at radius 1 is 1.16 bits per heavy atom. The lowest BCUT2D eigenvalue weighted by atomic mass is 9.98. The van der Waals surface area contributed by atoms with E-state index in [1.807, 2.05) is 18.2 Å². The summed E-state index contributed by atoms with van der Waals surface area (Å²) < 4.78 is 0. The molecule has 0 aliphatic carbocycles. The molecule has 2 saturated heterocycles. The zero-order valence-corrected chi connectivity index (χ0v) is 16.3. The van der Waals surface area contributed by atoms with Gasteiger partial charge in [0.05, 0.1) is 10.7 Å². The van der Waals surface area contributed by atoms with Crippen molar-refractivity contribution >= 4 is 23.2 Å². The summed E-state index contributed by atoms with van der Waals surface area (Å²) in [4.78, 5) is 19.7. The Bertz CT molecular complexity index is 599. The highest BCUT2D eigenvalue weighted by Crippen LogP contribution is 2.31. The molecule has 138 valence electrons. The molecule has 0 aromatic heterocycles. The second-order valence-electron chi connectivity index (χ2n) is 7.60. The van der Waals surface area contributed by atoms with Crippen molar-refractivity contribution in [2.24, 2.45) is 0 Å². The van der Waals surface area contributed by atoms with Gasteiger partial charge >= 0.3 is 0 Å². The molecule has 0 N–H and O–H groups in total. The number of anilines is 1. The predicted octanol–water partition coefficient (Wildman–Crippen LogP) is 3.89. The first-order chi connectivity index (χ1) is 12.1. The Morgan fingerprint density at radius 2 is 1.88 bits per heavy atom. The molecule has 0 radical (unpaired) electrons. The number of likely N-dealkylation sites (tertiary alicyclic amines) is 1. The normalized spacial score (nSPS) is 21.2. The van der Waals surface area contributed by atoms with Crippen molar-refractivity contribution in [1.82, 2.24) is 9.80 Å². The summed E-state index contributed by atoms with van der Waals surface area (Å²) in [5.74, 6) is 0.137. The van der Waals surface area contributed by atoms with Gasteiger partial charge in [0.1, 0.15) is 0 Å². The van der Waals surface area contributed by atoms with Gasteiger partial charge < -0.3 is 14.7 Å². The minimum Gasteiger partial charge on any atom is -0.370 e. The third-order valence-corrected chi connectivity index (χ3v) is 5.74. The van der Waals surface area contributed by atoms with E-state index in [0.717, 1.165) is 56.7 Å². The molecule has 0 spiro atoms. The standard InChI is InChI=1S/C20H30ClN3O/c1-22(2)14-10-17-7-3-4-13-24(17)20(25)16-8-9-19(18(21)15-16)23-11-5-6-12-23/h8-9,15,17H,3-7,10-14H2,1-2H3/t17-/m0/s1. The molecule has 4 nitrogen and oxygen atoms in total. The van der Waals surface area contributed by atoms with Gasteiger partial charge in [0.25, 0.3) is 5.91 Å². The van der Waals surface area contributed by atoms with Gasteiger partial charge in [-0.05, 0) is 77.4 Å². The Hall–Kier alpha value is -1.26. The smallest absolute Gasteiger partial charge is 0.254 e. The summed E-state index contributed by atoms with van der Waals surface area (Å²) in [6.45, 7) is 4.00. The number of piperidine rings is 1. The molecule has 1 aromatic carbocycles. The highest BCUT2D eigenvalue weighted by Gasteiger charge is 2.28. The van der Waals surface area contributed by atoms with E-state index in [2.05, 4.69) is 28.8 Å². The number of hydrogen-bond donors (Lipinski definition) is 0. The Kier molecular flexibility index (Phi) is 6.24. The first-order valence-electron chi connectivity index (χ1n) is 9.56. The Morgan fingerprint density at radius 3 is 2.56 bits per heavy atom. The van der Waals surface area contributed by atoms with Crippen LogP contribution in [0.25, 0.3) is 0 Å². The molecular weight excluding hydrogens is 334 g/mol. The van der Waals surface area contributed by atoms with Crippen molar-refractivity contribution in [2.45, 2.75) is 44.6 Å². The number of carbonyl (C=O) groups is 1. The third-order valence-electron chi connectivity index (χ3n) is 5.44. The van der Waals surface area contributed by atoms with Crippen molar-refractivity contribution in [3.05, 3.63) is 28.8 Å². The van der Waals surface area contributed by atoms with E-state index >= 15 is 0 Å². The summed E-state index contributed by atoms with van der Waals surface area (Å²) >= 11 is 6.51. The van der Waals surface area contributed by atoms with E-state index in [-0.39, 0.29) is 5.91 Å². The van der Waals surface area contributed by atoms with Gasteiger partial charge in [0.2, 0.25) is 0 Å². The number of carbonyl (C=O) groups excluding carboxylic acids is 1. The van der Waals surface area contributed by atoms with Gasteiger partial charge in [0.15, 0.2) is 0 Å².